The number of benzene rings is 2. The van der Waals surface area contributed by atoms with Gasteiger partial charge in [-0.05, 0) is 31.0 Å². The van der Waals surface area contributed by atoms with Crippen LogP contribution in [0, 0.1) is 0 Å². The molecule has 3 heteroatoms. The van der Waals surface area contributed by atoms with Gasteiger partial charge in [0.2, 0.25) is 5.91 Å². The first kappa shape index (κ1) is 14.8. The van der Waals surface area contributed by atoms with Gasteiger partial charge in [0.1, 0.15) is 0 Å². The van der Waals surface area contributed by atoms with Gasteiger partial charge in [-0.2, -0.15) is 0 Å². The molecule has 2 aromatic carbocycles. The molecule has 2 aromatic rings. The maximum absolute atomic E-state index is 12.6. The third kappa shape index (κ3) is 3.10. The van der Waals surface area contributed by atoms with Crippen LogP contribution in [0.2, 0.25) is 0 Å². The van der Waals surface area contributed by atoms with Crippen molar-refractivity contribution in [1.29, 1.82) is 0 Å². The normalized spacial score (nSPS) is 11.2. The molecule has 0 saturated carbocycles. The lowest BCUT2D eigenvalue weighted by molar-refractivity contribution is -0.120. The second kappa shape index (κ2) is 6.23. The zero-order valence-electron chi connectivity index (χ0n) is 11.7. The number of halogens is 1. The lowest BCUT2D eigenvalue weighted by atomic mass is 9.83. The van der Waals surface area contributed by atoms with E-state index in [1.54, 1.807) is 0 Å². The van der Waals surface area contributed by atoms with E-state index in [0.717, 1.165) is 22.1 Å². The Balaban J connectivity index is 2.24. The van der Waals surface area contributed by atoms with Crippen LogP contribution >= 0.6 is 15.9 Å². The summed E-state index contributed by atoms with van der Waals surface area (Å²) >= 11 is 3.44. The predicted octanol–water partition coefficient (Wildman–Crippen LogP) is 4.50. The summed E-state index contributed by atoms with van der Waals surface area (Å²) in [7, 11) is 0. The van der Waals surface area contributed by atoms with Gasteiger partial charge in [-0.25, -0.2) is 0 Å². The van der Waals surface area contributed by atoms with E-state index in [4.69, 9.17) is 0 Å². The van der Waals surface area contributed by atoms with Gasteiger partial charge in [0, 0.05) is 11.0 Å². The number of hydrogen-bond acceptors (Lipinski definition) is 1. The summed E-state index contributed by atoms with van der Waals surface area (Å²) in [5, 5.41) is 3.75. The van der Waals surface area contributed by atoms with E-state index in [0.29, 0.717) is 0 Å². The van der Waals surface area contributed by atoms with Crippen molar-refractivity contribution in [3.05, 3.63) is 65.7 Å². The van der Waals surface area contributed by atoms with Gasteiger partial charge in [0.25, 0.3) is 0 Å². The monoisotopic (exact) mass is 331 g/mol. The van der Waals surface area contributed by atoms with E-state index in [-0.39, 0.29) is 5.91 Å². The highest BCUT2D eigenvalue weighted by Crippen LogP contribution is 2.26. The van der Waals surface area contributed by atoms with E-state index >= 15 is 0 Å². The Kier molecular flexibility index (Phi) is 4.61. The summed E-state index contributed by atoms with van der Waals surface area (Å²) in [6, 6.07) is 17.7. The SMILES string of the molecule is CC(C)(C(=O)Nc1ccccc1CBr)c1ccccc1. The number of nitrogens with one attached hydrogen (secondary N) is 1. The van der Waals surface area contributed by atoms with Crippen molar-refractivity contribution in [2.45, 2.75) is 24.6 Å². The fraction of sp³-hybridized carbons (Fsp3) is 0.235. The summed E-state index contributed by atoms with van der Waals surface area (Å²) in [6.07, 6.45) is 0. The maximum Gasteiger partial charge on any atom is 0.234 e. The highest BCUT2D eigenvalue weighted by molar-refractivity contribution is 9.08. The van der Waals surface area contributed by atoms with Crippen LogP contribution in [0.15, 0.2) is 54.6 Å². The van der Waals surface area contributed by atoms with Crippen molar-refractivity contribution in [3.63, 3.8) is 0 Å². The fourth-order valence-electron chi connectivity index (χ4n) is 2.02. The first-order chi connectivity index (χ1) is 9.55. The number of para-hydroxylation sites is 1. The maximum atomic E-state index is 12.6. The van der Waals surface area contributed by atoms with E-state index in [2.05, 4.69) is 21.2 Å². The Morgan fingerprint density at radius 3 is 2.30 bits per heavy atom. The summed E-state index contributed by atoms with van der Waals surface area (Å²) in [4.78, 5) is 12.6. The average Bonchev–Trinajstić information content (AvgIpc) is 2.48. The first-order valence-electron chi connectivity index (χ1n) is 6.56. The molecule has 0 aromatic heterocycles. The van der Waals surface area contributed by atoms with Gasteiger partial charge >= 0.3 is 0 Å². The minimum absolute atomic E-state index is 0.00269. The summed E-state index contributed by atoms with van der Waals surface area (Å²) in [6.45, 7) is 3.88. The van der Waals surface area contributed by atoms with Crippen LogP contribution in [0.25, 0.3) is 0 Å². The Bertz CT molecular complexity index is 593. The third-order valence-corrected chi connectivity index (χ3v) is 4.08. The molecular weight excluding hydrogens is 314 g/mol. The molecule has 0 aliphatic heterocycles. The molecule has 0 unspecified atom stereocenters. The molecule has 1 N–H and O–H groups in total. The second-order valence-electron chi connectivity index (χ2n) is 5.24. The highest BCUT2D eigenvalue weighted by Gasteiger charge is 2.29. The van der Waals surface area contributed by atoms with Crippen molar-refractivity contribution >= 4 is 27.5 Å². The van der Waals surface area contributed by atoms with Crippen LogP contribution in [0.5, 0.6) is 0 Å². The molecule has 0 aliphatic rings. The van der Waals surface area contributed by atoms with E-state index in [1.807, 2.05) is 68.4 Å². The standard InChI is InChI=1S/C17H18BrNO/c1-17(2,14-9-4-3-5-10-14)16(20)19-15-11-7-6-8-13(15)12-18/h3-11H,12H2,1-2H3,(H,19,20). The van der Waals surface area contributed by atoms with Crippen LogP contribution in [0.4, 0.5) is 5.69 Å². The minimum atomic E-state index is -0.569. The molecule has 0 radical (unpaired) electrons. The quantitative estimate of drug-likeness (QED) is 0.821. The molecule has 0 spiro atoms. The molecule has 0 saturated heterocycles. The number of alkyl halides is 1. The van der Waals surface area contributed by atoms with E-state index in [1.165, 1.54) is 0 Å². The zero-order valence-corrected chi connectivity index (χ0v) is 13.3. The van der Waals surface area contributed by atoms with Gasteiger partial charge in [0.05, 0.1) is 5.41 Å². The molecule has 0 atom stereocenters. The first-order valence-corrected chi connectivity index (χ1v) is 7.68. The molecule has 20 heavy (non-hydrogen) atoms. The number of rotatable bonds is 4. The summed E-state index contributed by atoms with van der Waals surface area (Å²) in [5.74, 6) is -0.00269. The van der Waals surface area contributed by atoms with Gasteiger partial charge < -0.3 is 5.32 Å². The van der Waals surface area contributed by atoms with Crippen molar-refractivity contribution in [1.82, 2.24) is 0 Å². The molecule has 1 amide bonds. The van der Waals surface area contributed by atoms with Crippen LogP contribution in [0.3, 0.4) is 0 Å². The van der Waals surface area contributed by atoms with Crippen molar-refractivity contribution < 1.29 is 4.79 Å². The number of anilines is 1. The van der Waals surface area contributed by atoms with E-state index < -0.39 is 5.41 Å². The summed E-state index contributed by atoms with van der Waals surface area (Å²) < 4.78 is 0. The Morgan fingerprint density at radius 1 is 1.05 bits per heavy atom. The number of hydrogen-bond donors (Lipinski definition) is 1. The summed E-state index contributed by atoms with van der Waals surface area (Å²) in [5.41, 5.74) is 2.37. The van der Waals surface area contributed by atoms with Gasteiger partial charge in [-0.1, -0.05) is 64.5 Å². The topological polar surface area (TPSA) is 29.1 Å². The second-order valence-corrected chi connectivity index (χ2v) is 5.80. The van der Waals surface area contributed by atoms with Crippen molar-refractivity contribution in [2.24, 2.45) is 0 Å². The van der Waals surface area contributed by atoms with Gasteiger partial charge in [0.15, 0.2) is 0 Å². The smallest absolute Gasteiger partial charge is 0.234 e. The van der Waals surface area contributed by atoms with Crippen LogP contribution < -0.4 is 5.32 Å². The molecule has 0 heterocycles. The Morgan fingerprint density at radius 2 is 1.65 bits per heavy atom. The fourth-order valence-corrected chi connectivity index (χ4v) is 2.51. The Labute approximate surface area is 128 Å². The van der Waals surface area contributed by atoms with Gasteiger partial charge in [-0.15, -0.1) is 0 Å². The Hall–Kier alpha value is -1.61. The van der Waals surface area contributed by atoms with Crippen LogP contribution in [-0.2, 0) is 15.5 Å². The lowest BCUT2D eigenvalue weighted by Crippen LogP contribution is -2.34. The zero-order chi connectivity index (χ0) is 14.6. The molecule has 2 rings (SSSR count). The third-order valence-electron chi connectivity index (χ3n) is 3.47. The molecule has 0 fully saturated rings. The average molecular weight is 332 g/mol. The van der Waals surface area contributed by atoms with Crippen LogP contribution in [0.1, 0.15) is 25.0 Å². The minimum Gasteiger partial charge on any atom is -0.325 e. The number of carbonyl (C=O) groups is 1. The van der Waals surface area contributed by atoms with Crippen molar-refractivity contribution in [3.8, 4) is 0 Å². The molecule has 0 bridgehead atoms. The molecule has 104 valence electrons. The number of amides is 1. The molecule has 0 aliphatic carbocycles. The van der Waals surface area contributed by atoms with Crippen molar-refractivity contribution in [2.75, 3.05) is 5.32 Å². The number of carbonyl (C=O) groups excluding carboxylic acids is 1. The predicted molar refractivity (Wildman–Crippen MR) is 87.2 cm³/mol. The van der Waals surface area contributed by atoms with Crippen LogP contribution in [-0.4, -0.2) is 5.91 Å². The van der Waals surface area contributed by atoms with E-state index in [9.17, 15) is 4.79 Å². The lowest BCUT2D eigenvalue weighted by Gasteiger charge is -2.24. The molecular formula is C17H18BrNO. The highest BCUT2D eigenvalue weighted by atomic mass is 79.9. The van der Waals surface area contributed by atoms with Gasteiger partial charge in [-0.3, -0.25) is 4.79 Å². The molecule has 2 nitrogen and oxygen atoms in total. The largest absolute Gasteiger partial charge is 0.325 e.